The topological polar surface area (TPSA) is 69.9 Å². The Balaban J connectivity index is 2.49. The van der Waals surface area contributed by atoms with Crippen molar-refractivity contribution in [3.8, 4) is 5.82 Å². The van der Waals surface area contributed by atoms with Crippen LogP contribution in [0.4, 0.5) is 0 Å². The van der Waals surface area contributed by atoms with E-state index in [1.54, 1.807) is 23.3 Å². The molecule has 19 heavy (non-hydrogen) atoms. The van der Waals surface area contributed by atoms with E-state index in [0.29, 0.717) is 5.82 Å². The molecule has 0 N–H and O–H groups in total. The first-order valence-electron chi connectivity index (χ1n) is 5.96. The van der Waals surface area contributed by atoms with Crippen molar-refractivity contribution in [1.82, 2.24) is 19.7 Å². The minimum absolute atomic E-state index is 0.273. The van der Waals surface area contributed by atoms with E-state index in [1.807, 2.05) is 20.8 Å². The van der Waals surface area contributed by atoms with Crippen molar-refractivity contribution in [3.63, 3.8) is 0 Å². The van der Waals surface area contributed by atoms with Gasteiger partial charge in [0.1, 0.15) is 0 Å². The summed E-state index contributed by atoms with van der Waals surface area (Å²) in [7, 11) is 1.39. The SMILES string of the molecule is COC(=O)C(C)c1c(C)nn(-c2cnccn2)c1C. The minimum atomic E-state index is -0.351. The lowest BCUT2D eigenvalue weighted by Gasteiger charge is -2.10. The summed E-state index contributed by atoms with van der Waals surface area (Å²) in [5.74, 6) is 0.00623. The van der Waals surface area contributed by atoms with E-state index in [-0.39, 0.29) is 11.9 Å². The molecule has 6 heteroatoms. The smallest absolute Gasteiger partial charge is 0.312 e. The van der Waals surface area contributed by atoms with Crippen molar-refractivity contribution in [2.24, 2.45) is 0 Å². The Hall–Kier alpha value is -2.24. The van der Waals surface area contributed by atoms with Crippen molar-refractivity contribution in [2.45, 2.75) is 26.7 Å². The highest BCUT2D eigenvalue weighted by atomic mass is 16.5. The Labute approximate surface area is 111 Å². The number of aromatic nitrogens is 4. The van der Waals surface area contributed by atoms with Crippen molar-refractivity contribution in [1.29, 1.82) is 0 Å². The highest BCUT2D eigenvalue weighted by molar-refractivity contribution is 5.78. The fourth-order valence-electron chi connectivity index (χ4n) is 2.20. The summed E-state index contributed by atoms with van der Waals surface area (Å²) < 4.78 is 6.48. The van der Waals surface area contributed by atoms with Crippen molar-refractivity contribution >= 4 is 5.97 Å². The molecule has 1 unspecified atom stereocenters. The molecule has 2 rings (SSSR count). The highest BCUT2D eigenvalue weighted by Crippen LogP contribution is 2.25. The summed E-state index contributed by atoms with van der Waals surface area (Å²) >= 11 is 0. The van der Waals surface area contributed by atoms with Crippen LogP contribution in [0.15, 0.2) is 18.6 Å². The van der Waals surface area contributed by atoms with Gasteiger partial charge in [0.25, 0.3) is 0 Å². The number of rotatable bonds is 3. The molecule has 2 aromatic heterocycles. The first kappa shape index (κ1) is 13.2. The number of methoxy groups -OCH3 is 1. The maximum Gasteiger partial charge on any atom is 0.312 e. The Kier molecular flexibility index (Phi) is 3.59. The first-order valence-corrected chi connectivity index (χ1v) is 5.96. The second-order valence-corrected chi connectivity index (χ2v) is 4.30. The second-order valence-electron chi connectivity index (χ2n) is 4.30. The van der Waals surface area contributed by atoms with Crippen LogP contribution in [-0.2, 0) is 9.53 Å². The van der Waals surface area contributed by atoms with Gasteiger partial charge in [0.2, 0.25) is 0 Å². The molecule has 0 aliphatic rings. The lowest BCUT2D eigenvalue weighted by molar-refractivity contribution is -0.142. The molecule has 0 spiro atoms. The summed E-state index contributed by atoms with van der Waals surface area (Å²) in [5, 5.41) is 4.42. The zero-order chi connectivity index (χ0) is 14.0. The van der Waals surface area contributed by atoms with E-state index >= 15 is 0 Å². The van der Waals surface area contributed by atoms with Crippen molar-refractivity contribution in [2.75, 3.05) is 7.11 Å². The summed E-state index contributed by atoms with van der Waals surface area (Å²) in [6.45, 7) is 5.59. The predicted molar refractivity (Wildman–Crippen MR) is 69.1 cm³/mol. The number of esters is 1. The standard InChI is InChI=1S/C13H16N4O2/c1-8(13(18)19-4)12-9(2)16-17(10(12)3)11-7-14-5-6-15-11/h5-8H,1-4H3. The fourth-order valence-corrected chi connectivity index (χ4v) is 2.20. The van der Waals surface area contributed by atoms with Gasteiger partial charge in [-0.25, -0.2) is 9.67 Å². The van der Waals surface area contributed by atoms with Gasteiger partial charge in [-0.3, -0.25) is 9.78 Å². The molecule has 0 bridgehead atoms. The van der Waals surface area contributed by atoms with E-state index in [9.17, 15) is 4.79 Å². The zero-order valence-corrected chi connectivity index (χ0v) is 11.4. The second kappa shape index (κ2) is 5.17. The van der Waals surface area contributed by atoms with Crippen LogP contribution in [0, 0.1) is 13.8 Å². The van der Waals surface area contributed by atoms with Gasteiger partial charge in [0.15, 0.2) is 5.82 Å². The summed E-state index contributed by atoms with van der Waals surface area (Å²) in [6, 6.07) is 0. The number of ether oxygens (including phenoxy) is 1. The lowest BCUT2D eigenvalue weighted by atomic mass is 9.99. The van der Waals surface area contributed by atoms with Crippen LogP contribution >= 0.6 is 0 Å². The normalized spacial score (nSPS) is 12.2. The quantitative estimate of drug-likeness (QED) is 0.783. The Morgan fingerprint density at radius 3 is 2.68 bits per heavy atom. The van der Waals surface area contributed by atoms with Gasteiger partial charge < -0.3 is 4.74 Å². The number of hydrogen-bond donors (Lipinski definition) is 0. The van der Waals surface area contributed by atoms with Crippen LogP contribution in [0.3, 0.4) is 0 Å². The van der Waals surface area contributed by atoms with E-state index in [4.69, 9.17) is 4.74 Å². The molecule has 6 nitrogen and oxygen atoms in total. The highest BCUT2D eigenvalue weighted by Gasteiger charge is 2.24. The van der Waals surface area contributed by atoms with Crippen LogP contribution in [0.1, 0.15) is 29.8 Å². The van der Waals surface area contributed by atoms with Gasteiger partial charge in [-0.05, 0) is 20.8 Å². The molecular formula is C13H16N4O2. The summed E-state index contributed by atoms with van der Waals surface area (Å²) in [5.41, 5.74) is 2.54. The van der Waals surface area contributed by atoms with Crippen LogP contribution in [0.25, 0.3) is 5.82 Å². The average molecular weight is 260 g/mol. The first-order chi connectivity index (χ1) is 9.06. The molecule has 0 aliphatic heterocycles. The van der Waals surface area contributed by atoms with E-state index in [1.165, 1.54) is 7.11 Å². The maximum absolute atomic E-state index is 11.7. The van der Waals surface area contributed by atoms with E-state index < -0.39 is 0 Å². The Bertz CT molecular complexity index is 592. The van der Waals surface area contributed by atoms with E-state index in [0.717, 1.165) is 17.0 Å². The number of carbonyl (C=O) groups is 1. The largest absolute Gasteiger partial charge is 0.469 e. The molecule has 0 radical (unpaired) electrons. The molecule has 100 valence electrons. The molecule has 2 heterocycles. The molecule has 2 aromatic rings. The molecule has 0 aliphatic carbocycles. The fraction of sp³-hybridized carbons (Fsp3) is 0.385. The van der Waals surface area contributed by atoms with Crippen molar-refractivity contribution in [3.05, 3.63) is 35.5 Å². The van der Waals surface area contributed by atoms with Gasteiger partial charge in [-0.2, -0.15) is 5.10 Å². The molecular weight excluding hydrogens is 244 g/mol. The van der Waals surface area contributed by atoms with Crippen LogP contribution < -0.4 is 0 Å². The number of nitrogens with zero attached hydrogens (tertiary/aromatic N) is 4. The third-order valence-electron chi connectivity index (χ3n) is 3.10. The van der Waals surface area contributed by atoms with Gasteiger partial charge in [-0.1, -0.05) is 0 Å². The summed E-state index contributed by atoms with van der Waals surface area (Å²) in [6.07, 6.45) is 4.84. The number of aryl methyl sites for hydroxylation is 1. The van der Waals surface area contributed by atoms with Gasteiger partial charge in [-0.15, -0.1) is 0 Å². The van der Waals surface area contributed by atoms with Crippen molar-refractivity contribution < 1.29 is 9.53 Å². The van der Waals surface area contributed by atoms with E-state index in [2.05, 4.69) is 15.1 Å². The molecule has 0 amide bonds. The van der Waals surface area contributed by atoms with Crippen LogP contribution in [-0.4, -0.2) is 32.8 Å². The monoisotopic (exact) mass is 260 g/mol. The van der Waals surface area contributed by atoms with Crippen LogP contribution in [0.2, 0.25) is 0 Å². The summed E-state index contributed by atoms with van der Waals surface area (Å²) in [4.78, 5) is 19.9. The lowest BCUT2D eigenvalue weighted by Crippen LogP contribution is -2.12. The predicted octanol–water partition coefficient (Wildman–Crippen LogP) is 1.56. The van der Waals surface area contributed by atoms with Gasteiger partial charge in [0.05, 0.1) is 24.9 Å². The Morgan fingerprint density at radius 2 is 2.11 bits per heavy atom. The molecule has 0 saturated carbocycles. The minimum Gasteiger partial charge on any atom is -0.469 e. The van der Waals surface area contributed by atoms with Gasteiger partial charge >= 0.3 is 5.97 Å². The average Bonchev–Trinajstić information content (AvgIpc) is 2.73. The zero-order valence-electron chi connectivity index (χ0n) is 11.4. The molecule has 0 aromatic carbocycles. The molecule has 1 atom stereocenters. The third-order valence-corrected chi connectivity index (χ3v) is 3.10. The number of carbonyl (C=O) groups excluding carboxylic acids is 1. The molecule has 0 fully saturated rings. The number of hydrogen-bond acceptors (Lipinski definition) is 5. The molecule has 0 saturated heterocycles. The maximum atomic E-state index is 11.7. The van der Waals surface area contributed by atoms with Gasteiger partial charge in [0, 0.05) is 23.7 Å². The third kappa shape index (κ3) is 2.33. The van der Waals surface area contributed by atoms with Crippen LogP contribution in [0.5, 0.6) is 0 Å². The Morgan fingerprint density at radius 1 is 1.37 bits per heavy atom.